The van der Waals surface area contributed by atoms with Gasteiger partial charge in [-0.1, -0.05) is 27.7 Å². The van der Waals surface area contributed by atoms with Crippen LogP contribution in [0.15, 0.2) is 0 Å². The normalized spacial score (nSPS) is 33.9. The summed E-state index contributed by atoms with van der Waals surface area (Å²) in [6, 6.07) is 1.88. The Morgan fingerprint density at radius 2 is 1.53 bits per heavy atom. The molecule has 0 amide bonds. The molecule has 2 saturated heterocycles. The number of piperidine rings is 1. The summed E-state index contributed by atoms with van der Waals surface area (Å²) in [5.41, 5.74) is 0. The van der Waals surface area contributed by atoms with E-state index >= 15 is 0 Å². The van der Waals surface area contributed by atoms with Crippen molar-refractivity contribution in [2.75, 3.05) is 6.54 Å². The van der Waals surface area contributed by atoms with Crippen molar-refractivity contribution in [2.24, 2.45) is 17.8 Å². The van der Waals surface area contributed by atoms with Crippen molar-refractivity contribution in [1.29, 1.82) is 0 Å². The molecule has 2 fully saturated rings. The van der Waals surface area contributed by atoms with Gasteiger partial charge in [0.2, 0.25) is 0 Å². The van der Waals surface area contributed by atoms with Crippen LogP contribution in [-0.2, 0) is 0 Å². The third-order valence-corrected chi connectivity index (χ3v) is 4.75. The van der Waals surface area contributed by atoms with Crippen molar-refractivity contribution in [3.8, 4) is 0 Å². The molecule has 2 heterocycles. The van der Waals surface area contributed by atoms with Crippen LogP contribution in [0.4, 0.5) is 0 Å². The summed E-state index contributed by atoms with van der Waals surface area (Å²) in [5, 5.41) is 0. The molecule has 0 aromatic heterocycles. The van der Waals surface area contributed by atoms with Crippen LogP contribution in [-0.4, -0.2) is 23.5 Å². The van der Waals surface area contributed by atoms with Crippen LogP contribution in [0.5, 0.6) is 0 Å². The fraction of sp³-hybridized carbons (Fsp3) is 1.00. The van der Waals surface area contributed by atoms with Crippen LogP contribution in [0.25, 0.3) is 0 Å². The Morgan fingerprint density at radius 1 is 0.941 bits per heavy atom. The second-order valence-corrected chi connectivity index (χ2v) is 7.27. The predicted octanol–water partition coefficient (Wildman–Crippen LogP) is 4.32. The maximum atomic E-state index is 2.86. The van der Waals surface area contributed by atoms with E-state index in [-0.39, 0.29) is 0 Å². The highest BCUT2D eigenvalue weighted by Gasteiger charge is 2.40. The van der Waals surface area contributed by atoms with E-state index in [1.54, 1.807) is 0 Å². The predicted molar refractivity (Wildman–Crippen MR) is 75.2 cm³/mol. The second kappa shape index (κ2) is 5.73. The van der Waals surface area contributed by atoms with Crippen molar-refractivity contribution in [1.82, 2.24) is 4.90 Å². The zero-order valence-corrected chi connectivity index (χ0v) is 12.3. The number of nitrogens with zero attached hydrogens (tertiary/aromatic N) is 1. The summed E-state index contributed by atoms with van der Waals surface area (Å²) in [6.45, 7) is 10.8. The summed E-state index contributed by atoms with van der Waals surface area (Å²) >= 11 is 0. The van der Waals surface area contributed by atoms with E-state index < -0.39 is 0 Å². The molecule has 0 spiro atoms. The fourth-order valence-corrected chi connectivity index (χ4v) is 4.02. The zero-order chi connectivity index (χ0) is 12.4. The fourth-order valence-electron chi connectivity index (χ4n) is 4.02. The molecule has 0 aromatic carbocycles. The van der Waals surface area contributed by atoms with Crippen molar-refractivity contribution in [2.45, 2.75) is 78.3 Å². The minimum absolute atomic E-state index is 0.864. The summed E-state index contributed by atoms with van der Waals surface area (Å²) in [4.78, 5) is 2.86. The van der Waals surface area contributed by atoms with E-state index in [4.69, 9.17) is 0 Å². The average molecular weight is 237 g/mol. The minimum atomic E-state index is 0.864. The van der Waals surface area contributed by atoms with Crippen molar-refractivity contribution in [3.05, 3.63) is 0 Å². The van der Waals surface area contributed by atoms with E-state index in [9.17, 15) is 0 Å². The maximum absolute atomic E-state index is 2.86. The van der Waals surface area contributed by atoms with Crippen LogP contribution >= 0.6 is 0 Å². The van der Waals surface area contributed by atoms with E-state index in [1.165, 1.54) is 45.1 Å². The molecule has 2 aliphatic rings. The molecular formula is C16H31N. The van der Waals surface area contributed by atoms with Gasteiger partial charge in [-0.2, -0.15) is 0 Å². The van der Waals surface area contributed by atoms with Crippen LogP contribution in [0.2, 0.25) is 0 Å². The summed E-state index contributed by atoms with van der Waals surface area (Å²) in [5.74, 6) is 2.78. The molecule has 0 saturated carbocycles. The Hall–Kier alpha value is -0.0400. The quantitative estimate of drug-likeness (QED) is 0.688. The van der Waals surface area contributed by atoms with Crippen LogP contribution in [0.3, 0.4) is 0 Å². The average Bonchev–Trinajstić information content (AvgIpc) is 2.45. The van der Waals surface area contributed by atoms with E-state index in [0.29, 0.717) is 0 Å². The van der Waals surface area contributed by atoms with Gasteiger partial charge in [0.05, 0.1) is 0 Å². The lowest BCUT2D eigenvalue weighted by Crippen LogP contribution is -2.43. The van der Waals surface area contributed by atoms with Gasteiger partial charge in [-0.05, 0) is 62.8 Å². The maximum Gasteiger partial charge on any atom is 0.0101 e. The first-order valence-corrected chi connectivity index (χ1v) is 7.82. The van der Waals surface area contributed by atoms with Crippen molar-refractivity contribution < 1.29 is 0 Å². The lowest BCUT2D eigenvalue weighted by atomic mass is 9.84. The molecule has 0 aromatic rings. The highest BCUT2D eigenvalue weighted by atomic mass is 15.2. The second-order valence-electron chi connectivity index (χ2n) is 7.27. The largest absolute Gasteiger partial charge is 0.297 e. The van der Waals surface area contributed by atoms with Crippen LogP contribution < -0.4 is 0 Å². The van der Waals surface area contributed by atoms with Gasteiger partial charge >= 0.3 is 0 Å². The van der Waals surface area contributed by atoms with E-state index in [2.05, 4.69) is 32.6 Å². The SMILES string of the molecule is CC(C)CCN1[C@@H]2CC[C@H]1CC(CC(C)C)C2. The third kappa shape index (κ3) is 3.47. The number of hydrogen-bond acceptors (Lipinski definition) is 1. The molecule has 1 unspecified atom stereocenters. The smallest absolute Gasteiger partial charge is 0.0101 e. The number of fused-ring (bicyclic) bond motifs is 2. The first-order chi connectivity index (χ1) is 8.06. The topological polar surface area (TPSA) is 3.24 Å². The van der Waals surface area contributed by atoms with Gasteiger partial charge < -0.3 is 0 Å². The molecule has 2 rings (SSSR count). The van der Waals surface area contributed by atoms with Gasteiger partial charge in [0.1, 0.15) is 0 Å². The molecule has 2 aliphatic heterocycles. The number of rotatable bonds is 5. The molecule has 17 heavy (non-hydrogen) atoms. The van der Waals surface area contributed by atoms with Gasteiger partial charge in [-0.3, -0.25) is 4.90 Å². The van der Waals surface area contributed by atoms with Crippen LogP contribution in [0, 0.1) is 17.8 Å². The van der Waals surface area contributed by atoms with Gasteiger partial charge in [-0.15, -0.1) is 0 Å². The zero-order valence-electron chi connectivity index (χ0n) is 12.3. The van der Waals surface area contributed by atoms with Crippen molar-refractivity contribution >= 4 is 0 Å². The first-order valence-electron chi connectivity index (χ1n) is 7.82. The minimum Gasteiger partial charge on any atom is -0.297 e. The molecule has 2 bridgehead atoms. The Kier molecular flexibility index (Phi) is 4.52. The molecule has 0 radical (unpaired) electrons. The lowest BCUT2D eigenvalue weighted by Gasteiger charge is -2.40. The van der Waals surface area contributed by atoms with Crippen LogP contribution in [0.1, 0.15) is 66.2 Å². The molecule has 3 atom stereocenters. The Balaban J connectivity index is 1.84. The molecule has 100 valence electrons. The van der Waals surface area contributed by atoms with Crippen molar-refractivity contribution in [3.63, 3.8) is 0 Å². The summed E-state index contributed by atoms with van der Waals surface area (Å²) < 4.78 is 0. The number of hydrogen-bond donors (Lipinski definition) is 0. The van der Waals surface area contributed by atoms with Gasteiger partial charge in [-0.25, -0.2) is 0 Å². The molecule has 0 aliphatic carbocycles. The van der Waals surface area contributed by atoms with E-state index in [1.807, 2.05) is 0 Å². The van der Waals surface area contributed by atoms with E-state index in [0.717, 1.165) is 29.8 Å². The van der Waals surface area contributed by atoms with Gasteiger partial charge in [0.15, 0.2) is 0 Å². The summed E-state index contributed by atoms with van der Waals surface area (Å²) in [7, 11) is 0. The lowest BCUT2D eigenvalue weighted by molar-refractivity contribution is 0.0904. The third-order valence-electron chi connectivity index (χ3n) is 4.75. The van der Waals surface area contributed by atoms with Gasteiger partial charge in [0.25, 0.3) is 0 Å². The molecule has 0 N–H and O–H groups in total. The van der Waals surface area contributed by atoms with Gasteiger partial charge in [0, 0.05) is 12.1 Å². The Labute approximate surface area is 108 Å². The molecule has 1 nitrogen and oxygen atoms in total. The Morgan fingerprint density at radius 3 is 2.00 bits per heavy atom. The highest BCUT2D eigenvalue weighted by molar-refractivity contribution is 4.95. The monoisotopic (exact) mass is 237 g/mol. The standard InChI is InChI=1S/C16H31N/c1-12(2)7-8-17-15-5-6-16(17)11-14(10-15)9-13(3)4/h12-16H,5-11H2,1-4H3/t14?,15-,16+. The highest BCUT2D eigenvalue weighted by Crippen LogP contribution is 2.40. The first kappa shape index (κ1) is 13.4. The summed E-state index contributed by atoms with van der Waals surface area (Å²) in [6.07, 6.45) is 8.81. The molecule has 1 heteroatoms. The molecular weight excluding hydrogens is 206 g/mol. The Bertz CT molecular complexity index is 220.